The Bertz CT molecular complexity index is 1790. The molecule has 3 aromatic carbocycles. The SMILES string of the molecule is CC(=O)N1CCC[C@H]1c1ncc(-c2ccc(-c3ccc4nc([C@@H]5CCCN5C(C)=O)[nH]c4c3)c(-c3ccccc3)c2)[nH]1. The van der Waals surface area contributed by atoms with Crippen LogP contribution in [0.2, 0.25) is 0 Å². The van der Waals surface area contributed by atoms with Gasteiger partial charge in [0, 0.05) is 32.5 Å². The summed E-state index contributed by atoms with van der Waals surface area (Å²) in [6.45, 7) is 4.82. The standard InChI is InChI=1S/C34H34N6O2/c1-21(41)39-16-6-10-31(39)33-35-20-30(38-33)25-12-14-26(27(18-25)23-8-4-3-5-9-23)24-13-15-28-29(19-24)37-34(36-28)32-11-7-17-40(32)22(2)42/h3-5,8-9,12-15,18-20,31-32H,6-7,10-11,16-17H2,1-2H3,(H,35,38)(H,36,37)/t31-,32-/m0/s1. The minimum Gasteiger partial charge on any atom is -0.340 e. The number of hydrogen-bond acceptors (Lipinski definition) is 4. The maximum Gasteiger partial charge on any atom is 0.220 e. The van der Waals surface area contributed by atoms with Crippen LogP contribution in [-0.2, 0) is 9.59 Å². The van der Waals surface area contributed by atoms with Crippen LogP contribution in [0, 0.1) is 0 Å². The number of H-pyrrole nitrogens is 2. The molecule has 4 heterocycles. The summed E-state index contributed by atoms with van der Waals surface area (Å²) in [4.78, 5) is 44.7. The van der Waals surface area contributed by atoms with Gasteiger partial charge >= 0.3 is 0 Å². The second-order valence-corrected chi connectivity index (χ2v) is 11.4. The first-order valence-electron chi connectivity index (χ1n) is 14.8. The van der Waals surface area contributed by atoms with Crippen molar-refractivity contribution in [3.63, 3.8) is 0 Å². The number of rotatable bonds is 5. The Balaban J connectivity index is 1.26. The van der Waals surface area contributed by atoms with Gasteiger partial charge in [0.2, 0.25) is 11.8 Å². The molecule has 2 fully saturated rings. The van der Waals surface area contributed by atoms with E-state index in [0.29, 0.717) is 0 Å². The highest BCUT2D eigenvalue weighted by Crippen LogP contribution is 2.38. The number of fused-ring (bicyclic) bond motifs is 1. The van der Waals surface area contributed by atoms with Crippen LogP contribution in [0.3, 0.4) is 0 Å². The Morgan fingerprint density at radius 2 is 1.43 bits per heavy atom. The number of amides is 2. The lowest BCUT2D eigenvalue weighted by molar-refractivity contribution is -0.130. The van der Waals surface area contributed by atoms with Crippen LogP contribution in [0.5, 0.6) is 0 Å². The Morgan fingerprint density at radius 1 is 0.738 bits per heavy atom. The van der Waals surface area contributed by atoms with Crippen LogP contribution in [0.4, 0.5) is 0 Å². The molecule has 2 aliphatic rings. The molecule has 2 amide bonds. The highest BCUT2D eigenvalue weighted by atomic mass is 16.2. The van der Waals surface area contributed by atoms with E-state index in [1.54, 1.807) is 13.8 Å². The number of likely N-dealkylation sites (tertiary alicyclic amines) is 2. The van der Waals surface area contributed by atoms with Gasteiger partial charge in [-0.25, -0.2) is 9.97 Å². The number of imidazole rings is 2. The third kappa shape index (κ3) is 4.66. The maximum atomic E-state index is 12.2. The number of carbonyl (C=O) groups is 2. The summed E-state index contributed by atoms with van der Waals surface area (Å²) in [6, 6.07) is 23.3. The summed E-state index contributed by atoms with van der Waals surface area (Å²) in [5, 5.41) is 0. The lowest BCUT2D eigenvalue weighted by Crippen LogP contribution is -2.28. The zero-order valence-corrected chi connectivity index (χ0v) is 23.9. The fraction of sp³-hybridized carbons (Fsp3) is 0.294. The van der Waals surface area contributed by atoms with Gasteiger partial charge in [-0.2, -0.15) is 0 Å². The minimum atomic E-state index is 0.00176. The number of nitrogens with one attached hydrogen (secondary N) is 2. The normalized spacial score (nSPS) is 18.7. The lowest BCUT2D eigenvalue weighted by Gasteiger charge is -2.21. The number of carbonyl (C=O) groups excluding carboxylic acids is 2. The van der Waals surface area contributed by atoms with Crippen molar-refractivity contribution in [3.8, 4) is 33.5 Å². The van der Waals surface area contributed by atoms with E-state index >= 15 is 0 Å². The van der Waals surface area contributed by atoms with E-state index in [1.807, 2.05) is 22.1 Å². The van der Waals surface area contributed by atoms with E-state index in [-0.39, 0.29) is 23.9 Å². The molecule has 8 nitrogen and oxygen atoms in total. The van der Waals surface area contributed by atoms with E-state index < -0.39 is 0 Å². The molecule has 2 saturated heterocycles. The van der Waals surface area contributed by atoms with E-state index in [4.69, 9.17) is 9.97 Å². The molecule has 0 spiro atoms. The first-order chi connectivity index (χ1) is 20.5. The fourth-order valence-electron chi connectivity index (χ4n) is 6.68. The Morgan fingerprint density at radius 3 is 2.14 bits per heavy atom. The van der Waals surface area contributed by atoms with E-state index in [2.05, 4.69) is 70.6 Å². The van der Waals surface area contributed by atoms with E-state index in [9.17, 15) is 9.59 Å². The summed E-state index contributed by atoms with van der Waals surface area (Å²) in [6.07, 6.45) is 5.71. The first-order valence-corrected chi connectivity index (χ1v) is 14.8. The molecular weight excluding hydrogens is 524 g/mol. The summed E-state index contributed by atoms with van der Waals surface area (Å²) in [5.41, 5.74) is 8.29. The van der Waals surface area contributed by atoms with Gasteiger partial charge in [-0.1, -0.05) is 48.5 Å². The molecule has 2 atom stereocenters. The van der Waals surface area contributed by atoms with Crippen LogP contribution in [-0.4, -0.2) is 54.6 Å². The van der Waals surface area contributed by atoms with Crippen molar-refractivity contribution in [2.45, 2.75) is 51.6 Å². The van der Waals surface area contributed by atoms with Gasteiger partial charge in [0.15, 0.2) is 0 Å². The molecule has 0 saturated carbocycles. The second kappa shape index (κ2) is 10.6. The van der Waals surface area contributed by atoms with Crippen molar-refractivity contribution in [2.24, 2.45) is 0 Å². The zero-order chi connectivity index (χ0) is 28.8. The molecule has 5 aromatic rings. The quantitative estimate of drug-likeness (QED) is 0.252. The summed E-state index contributed by atoms with van der Waals surface area (Å²) in [7, 11) is 0. The molecule has 2 aliphatic heterocycles. The predicted molar refractivity (Wildman–Crippen MR) is 163 cm³/mol. The molecule has 8 heteroatoms. The molecule has 2 N–H and O–H groups in total. The zero-order valence-electron chi connectivity index (χ0n) is 23.9. The number of aromatic amines is 2. The van der Waals surface area contributed by atoms with Crippen molar-refractivity contribution in [2.75, 3.05) is 13.1 Å². The molecular formula is C34H34N6O2. The molecule has 0 bridgehead atoms. The number of hydrogen-bond donors (Lipinski definition) is 2. The topological polar surface area (TPSA) is 98.0 Å². The van der Waals surface area contributed by atoms with Gasteiger partial charge < -0.3 is 19.8 Å². The Hall–Kier alpha value is -4.72. The number of benzene rings is 3. The molecule has 0 unspecified atom stereocenters. The van der Waals surface area contributed by atoms with Gasteiger partial charge in [0.25, 0.3) is 0 Å². The van der Waals surface area contributed by atoms with Crippen molar-refractivity contribution in [1.82, 2.24) is 29.7 Å². The highest BCUT2D eigenvalue weighted by Gasteiger charge is 2.31. The number of aromatic nitrogens is 4. The van der Waals surface area contributed by atoms with Gasteiger partial charge in [-0.15, -0.1) is 0 Å². The minimum absolute atomic E-state index is 0.00176. The average molecular weight is 559 g/mol. The molecule has 2 aromatic heterocycles. The summed E-state index contributed by atoms with van der Waals surface area (Å²) >= 11 is 0. The predicted octanol–water partition coefficient (Wildman–Crippen LogP) is 6.65. The van der Waals surface area contributed by atoms with Crippen molar-refractivity contribution in [1.29, 1.82) is 0 Å². The largest absolute Gasteiger partial charge is 0.340 e. The van der Waals surface area contributed by atoms with Crippen LogP contribution < -0.4 is 0 Å². The van der Waals surface area contributed by atoms with Crippen LogP contribution >= 0.6 is 0 Å². The Kier molecular flexibility index (Phi) is 6.61. The van der Waals surface area contributed by atoms with Crippen LogP contribution in [0.1, 0.15) is 63.3 Å². The van der Waals surface area contributed by atoms with Gasteiger partial charge in [0.05, 0.1) is 35.0 Å². The van der Waals surface area contributed by atoms with Crippen molar-refractivity contribution >= 4 is 22.8 Å². The monoisotopic (exact) mass is 558 g/mol. The van der Waals surface area contributed by atoms with Crippen molar-refractivity contribution in [3.05, 3.63) is 84.6 Å². The number of nitrogens with zero attached hydrogens (tertiary/aromatic N) is 4. The van der Waals surface area contributed by atoms with Gasteiger partial charge in [-0.3, -0.25) is 9.59 Å². The molecule has 0 aliphatic carbocycles. The second-order valence-electron chi connectivity index (χ2n) is 11.4. The van der Waals surface area contributed by atoms with Gasteiger partial charge in [0.1, 0.15) is 11.6 Å². The van der Waals surface area contributed by atoms with Crippen LogP contribution in [0.25, 0.3) is 44.5 Å². The van der Waals surface area contributed by atoms with Crippen molar-refractivity contribution < 1.29 is 9.59 Å². The average Bonchev–Trinajstić information content (AvgIpc) is 3.82. The third-order valence-electron chi connectivity index (χ3n) is 8.77. The maximum absolute atomic E-state index is 12.2. The smallest absolute Gasteiger partial charge is 0.220 e. The summed E-state index contributed by atoms with van der Waals surface area (Å²) < 4.78 is 0. The third-order valence-corrected chi connectivity index (χ3v) is 8.77. The molecule has 212 valence electrons. The van der Waals surface area contributed by atoms with E-state index in [0.717, 1.165) is 95.0 Å². The first kappa shape index (κ1) is 26.2. The lowest BCUT2D eigenvalue weighted by atomic mass is 9.92. The highest BCUT2D eigenvalue weighted by molar-refractivity contribution is 5.90. The van der Waals surface area contributed by atoms with E-state index in [1.165, 1.54) is 0 Å². The van der Waals surface area contributed by atoms with Crippen LogP contribution in [0.15, 0.2) is 72.9 Å². The molecule has 0 radical (unpaired) electrons. The molecule has 7 rings (SSSR count). The Labute approximate surface area is 244 Å². The molecule has 42 heavy (non-hydrogen) atoms. The van der Waals surface area contributed by atoms with Gasteiger partial charge in [-0.05, 0) is 66.1 Å². The fourth-order valence-corrected chi connectivity index (χ4v) is 6.68. The summed E-state index contributed by atoms with van der Waals surface area (Å²) in [5.74, 6) is 1.88.